The molecule has 0 saturated heterocycles. The fraction of sp³-hybridized carbons (Fsp3) is 0. The van der Waals surface area contributed by atoms with Crippen molar-refractivity contribution in [3.8, 4) is 0 Å². The Kier molecular flexibility index (Phi) is 2.51. The van der Waals surface area contributed by atoms with E-state index in [1.807, 2.05) is 0 Å². The molecule has 2 rings (SSSR count). The Morgan fingerprint density at radius 2 is 2.12 bits per heavy atom. The molecule has 1 aromatic carbocycles. The van der Waals surface area contributed by atoms with Crippen molar-refractivity contribution in [2.24, 2.45) is 0 Å². The standard InChI is InChI=1S/C10H5BrFNO3/c11-4-1-2-6-5(3-4)7(10(15)16)8(12)9(14)13-6/h1-3H,(H,13,14)(H,15,16). The van der Waals surface area contributed by atoms with Crippen LogP contribution in [0.25, 0.3) is 10.9 Å². The molecule has 2 aromatic rings. The Bertz CT molecular complexity index is 650. The van der Waals surface area contributed by atoms with Gasteiger partial charge in [-0.1, -0.05) is 15.9 Å². The van der Waals surface area contributed by atoms with Crippen LogP contribution in [0.3, 0.4) is 0 Å². The number of aromatic nitrogens is 1. The molecule has 0 fully saturated rings. The van der Waals surface area contributed by atoms with Crippen LogP contribution in [0, 0.1) is 5.82 Å². The van der Waals surface area contributed by atoms with Crippen LogP contribution in [0.4, 0.5) is 4.39 Å². The van der Waals surface area contributed by atoms with Crippen molar-refractivity contribution in [2.75, 3.05) is 0 Å². The molecule has 0 atom stereocenters. The third kappa shape index (κ3) is 1.61. The Morgan fingerprint density at radius 1 is 1.44 bits per heavy atom. The normalized spacial score (nSPS) is 10.6. The predicted octanol–water partition coefficient (Wildman–Crippen LogP) is 2.13. The largest absolute Gasteiger partial charge is 0.478 e. The number of carboxylic acids is 1. The monoisotopic (exact) mass is 285 g/mol. The maximum Gasteiger partial charge on any atom is 0.339 e. The van der Waals surface area contributed by atoms with Crippen molar-refractivity contribution in [2.45, 2.75) is 0 Å². The van der Waals surface area contributed by atoms with Gasteiger partial charge < -0.3 is 10.1 Å². The number of carbonyl (C=O) groups is 1. The van der Waals surface area contributed by atoms with Gasteiger partial charge in [0.25, 0.3) is 5.56 Å². The molecule has 0 spiro atoms. The first kappa shape index (κ1) is 10.8. The summed E-state index contributed by atoms with van der Waals surface area (Å²) in [6, 6.07) is 4.58. The molecule has 6 heteroatoms. The number of pyridine rings is 1. The minimum absolute atomic E-state index is 0.152. The third-order valence-electron chi connectivity index (χ3n) is 2.13. The highest BCUT2D eigenvalue weighted by atomic mass is 79.9. The Hall–Kier alpha value is -1.69. The van der Waals surface area contributed by atoms with Gasteiger partial charge in [-0.3, -0.25) is 4.79 Å². The van der Waals surface area contributed by atoms with E-state index in [0.29, 0.717) is 4.47 Å². The average molecular weight is 286 g/mol. The number of nitrogens with one attached hydrogen (secondary N) is 1. The number of hydrogen-bond acceptors (Lipinski definition) is 2. The molecular weight excluding hydrogens is 281 g/mol. The topological polar surface area (TPSA) is 70.2 Å². The summed E-state index contributed by atoms with van der Waals surface area (Å²) in [5.41, 5.74) is -1.36. The second-order valence-electron chi connectivity index (χ2n) is 3.14. The van der Waals surface area contributed by atoms with Crippen LogP contribution in [0.5, 0.6) is 0 Å². The van der Waals surface area contributed by atoms with Gasteiger partial charge in [-0.15, -0.1) is 0 Å². The fourth-order valence-corrected chi connectivity index (χ4v) is 1.81. The predicted molar refractivity (Wildman–Crippen MR) is 59.2 cm³/mol. The minimum atomic E-state index is -1.47. The maximum atomic E-state index is 13.4. The van der Waals surface area contributed by atoms with Gasteiger partial charge in [-0.2, -0.15) is 4.39 Å². The molecule has 1 heterocycles. The average Bonchev–Trinajstić information content (AvgIpc) is 2.20. The van der Waals surface area contributed by atoms with E-state index in [4.69, 9.17) is 5.11 Å². The summed E-state index contributed by atoms with van der Waals surface area (Å²) >= 11 is 3.15. The van der Waals surface area contributed by atoms with Gasteiger partial charge in [-0.25, -0.2) is 4.79 Å². The highest BCUT2D eigenvalue weighted by molar-refractivity contribution is 9.10. The zero-order valence-corrected chi connectivity index (χ0v) is 9.34. The van der Waals surface area contributed by atoms with Gasteiger partial charge in [0.15, 0.2) is 0 Å². The van der Waals surface area contributed by atoms with Crippen LogP contribution in [-0.4, -0.2) is 16.1 Å². The van der Waals surface area contributed by atoms with Crippen LogP contribution in [-0.2, 0) is 0 Å². The number of hydrogen-bond donors (Lipinski definition) is 2. The molecule has 0 amide bonds. The van der Waals surface area contributed by atoms with Crippen molar-refractivity contribution in [1.29, 1.82) is 0 Å². The summed E-state index contributed by atoms with van der Waals surface area (Å²) in [5, 5.41) is 9.02. The van der Waals surface area contributed by atoms with E-state index < -0.39 is 22.9 Å². The fourth-order valence-electron chi connectivity index (χ4n) is 1.45. The van der Waals surface area contributed by atoms with Crippen LogP contribution in [0.15, 0.2) is 27.5 Å². The highest BCUT2D eigenvalue weighted by Gasteiger charge is 2.18. The minimum Gasteiger partial charge on any atom is -0.478 e. The summed E-state index contributed by atoms with van der Waals surface area (Å²) in [5.74, 6) is -2.75. The SMILES string of the molecule is O=C(O)c1c(F)c(=O)[nH]c2ccc(Br)cc12. The molecule has 0 bridgehead atoms. The zero-order valence-electron chi connectivity index (χ0n) is 7.75. The Morgan fingerprint density at radius 3 is 2.75 bits per heavy atom. The van der Waals surface area contributed by atoms with Crippen LogP contribution in [0.2, 0.25) is 0 Å². The van der Waals surface area contributed by atoms with Crippen molar-refractivity contribution in [3.63, 3.8) is 0 Å². The molecule has 0 aliphatic rings. The van der Waals surface area contributed by atoms with E-state index in [1.165, 1.54) is 12.1 Å². The summed E-state index contributed by atoms with van der Waals surface area (Å²) < 4.78 is 14.0. The first-order chi connectivity index (χ1) is 7.50. The number of aromatic amines is 1. The second-order valence-corrected chi connectivity index (χ2v) is 4.05. The summed E-state index contributed by atoms with van der Waals surface area (Å²) in [4.78, 5) is 24.3. The molecule has 82 valence electrons. The lowest BCUT2D eigenvalue weighted by molar-refractivity contribution is 0.0694. The lowest BCUT2D eigenvalue weighted by Crippen LogP contribution is -2.17. The van der Waals surface area contributed by atoms with Crippen LogP contribution >= 0.6 is 15.9 Å². The summed E-state index contributed by atoms with van der Waals surface area (Å²) in [7, 11) is 0. The van der Waals surface area contributed by atoms with Gasteiger partial charge in [-0.05, 0) is 18.2 Å². The molecule has 1 aromatic heterocycles. The van der Waals surface area contributed by atoms with Crippen molar-refractivity contribution >= 4 is 32.8 Å². The molecule has 4 nitrogen and oxygen atoms in total. The second kappa shape index (κ2) is 3.71. The van der Waals surface area contributed by atoms with E-state index in [9.17, 15) is 14.0 Å². The van der Waals surface area contributed by atoms with Crippen LogP contribution < -0.4 is 5.56 Å². The van der Waals surface area contributed by atoms with E-state index in [2.05, 4.69) is 20.9 Å². The van der Waals surface area contributed by atoms with Crippen molar-refractivity contribution < 1.29 is 14.3 Å². The number of carboxylic acid groups (broad SMARTS) is 1. The zero-order chi connectivity index (χ0) is 11.9. The van der Waals surface area contributed by atoms with Gasteiger partial charge >= 0.3 is 5.97 Å². The number of benzene rings is 1. The smallest absolute Gasteiger partial charge is 0.339 e. The van der Waals surface area contributed by atoms with E-state index in [-0.39, 0.29) is 10.9 Å². The molecule has 0 saturated carbocycles. The quantitative estimate of drug-likeness (QED) is 0.843. The molecule has 2 N–H and O–H groups in total. The molecule has 0 radical (unpaired) electrons. The highest BCUT2D eigenvalue weighted by Crippen LogP contribution is 2.21. The third-order valence-corrected chi connectivity index (χ3v) is 2.63. The lowest BCUT2D eigenvalue weighted by atomic mass is 10.1. The molecule has 0 aliphatic heterocycles. The van der Waals surface area contributed by atoms with Crippen molar-refractivity contribution in [1.82, 2.24) is 4.98 Å². The van der Waals surface area contributed by atoms with Gasteiger partial charge in [0, 0.05) is 15.4 Å². The van der Waals surface area contributed by atoms with E-state index in [0.717, 1.165) is 0 Å². The maximum absolute atomic E-state index is 13.4. The number of rotatable bonds is 1. The van der Waals surface area contributed by atoms with E-state index >= 15 is 0 Å². The van der Waals surface area contributed by atoms with E-state index in [1.54, 1.807) is 6.07 Å². The molecule has 0 unspecified atom stereocenters. The summed E-state index contributed by atoms with van der Waals surface area (Å²) in [6.07, 6.45) is 0. The molecular formula is C10H5BrFNO3. The van der Waals surface area contributed by atoms with Crippen LogP contribution in [0.1, 0.15) is 10.4 Å². The Balaban J connectivity index is 3.02. The molecule has 16 heavy (non-hydrogen) atoms. The number of halogens is 2. The van der Waals surface area contributed by atoms with Gasteiger partial charge in [0.05, 0.1) is 0 Å². The first-order valence-electron chi connectivity index (χ1n) is 4.25. The number of aromatic carboxylic acids is 1. The van der Waals surface area contributed by atoms with Gasteiger partial charge in [0.2, 0.25) is 5.82 Å². The summed E-state index contributed by atoms with van der Waals surface area (Å²) in [6.45, 7) is 0. The lowest BCUT2D eigenvalue weighted by Gasteiger charge is -2.03. The van der Waals surface area contributed by atoms with Gasteiger partial charge in [0.1, 0.15) is 5.56 Å². The number of fused-ring (bicyclic) bond motifs is 1. The van der Waals surface area contributed by atoms with Crippen molar-refractivity contribution in [3.05, 3.63) is 44.4 Å². The molecule has 0 aliphatic carbocycles. The Labute approximate surface area is 96.8 Å². The number of H-pyrrole nitrogens is 1. The first-order valence-corrected chi connectivity index (χ1v) is 5.04.